The van der Waals surface area contributed by atoms with Gasteiger partial charge in [-0.25, -0.2) is 8.78 Å². The maximum Gasteiger partial charge on any atom is 0.133 e. The second-order valence-electron chi connectivity index (χ2n) is 4.72. The van der Waals surface area contributed by atoms with Gasteiger partial charge in [-0.2, -0.15) is 0 Å². The van der Waals surface area contributed by atoms with Crippen molar-refractivity contribution in [3.8, 4) is 0 Å². The highest BCUT2D eigenvalue weighted by Gasteiger charge is 2.17. The molecule has 0 saturated heterocycles. The van der Waals surface area contributed by atoms with E-state index < -0.39 is 11.6 Å². The van der Waals surface area contributed by atoms with E-state index in [0.29, 0.717) is 0 Å². The van der Waals surface area contributed by atoms with Gasteiger partial charge in [0, 0.05) is 11.3 Å². The summed E-state index contributed by atoms with van der Waals surface area (Å²) >= 11 is 0. The highest BCUT2D eigenvalue weighted by molar-refractivity contribution is 5.86. The minimum atomic E-state index is -0.531. The van der Waals surface area contributed by atoms with E-state index in [1.54, 1.807) is 6.08 Å². The molecule has 1 aliphatic carbocycles. The van der Waals surface area contributed by atoms with Crippen molar-refractivity contribution in [3.05, 3.63) is 64.7 Å². The molecule has 2 N–H and O–H groups in total. The zero-order valence-electron chi connectivity index (χ0n) is 10.3. The van der Waals surface area contributed by atoms with Crippen LogP contribution in [0.5, 0.6) is 0 Å². The largest absolute Gasteiger partial charge is 0.399 e. The van der Waals surface area contributed by atoms with Crippen molar-refractivity contribution in [1.82, 2.24) is 0 Å². The van der Waals surface area contributed by atoms with Crippen LogP contribution in [0.1, 0.15) is 23.1 Å². The van der Waals surface area contributed by atoms with Crippen molar-refractivity contribution in [2.45, 2.75) is 12.8 Å². The molecule has 0 aromatic heterocycles. The summed E-state index contributed by atoms with van der Waals surface area (Å²) in [6.07, 6.45) is 3.25. The topological polar surface area (TPSA) is 26.0 Å². The third-order valence-electron chi connectivity index (χ3n) is 3.46. The Bertz CT molecular complexity index is 654. The predicted molar refractivity (Wildman–Crippen MR) is 73.4 cm³/mol. The number of nitrogen functional groups attached to an aromatic ring is 1. The molecule has 96 valence electrons. The molecule has 2 aromatic carbocycles. The van der Waals surface area contributed by atoms with Gasteiger partial charge in [-0.15, -0.1) is 0 Å². The van der Waals surface area contributed by atoms with E-state index in [1.807, 2.05) is 18.2 Å². The molecule has 0 heterocycles. The standard InChI is InChI=1S/C16H13F2N/c17-15-2-1-3-16(18)14(15)9-11-5-4-10-8-12(19)6-7-13(10)11/h1-3,6-9H,4-5,19H2/b11-9+. The van der Waals surface area contributed by atoms with Gasteiger partial charge < -0.3 is 5.73 Å². The number of hydrogen-bond donors (Lipinski definition) is 1. The molecule has 0 amide bonds. The Kier molecular flexibility index (Phi) is 2.82. The van der Waals surface area contributed by atoms with Crippen LogP contribution >= 0.6 is 0 Å². The molecule has 0 aliphatic heterocycles. The third kappa shape index (κ3) is 2.12. The van der Waals surface area contributed by atoms with Crippen LogP contribution in [0.25, 0.3) is 11.6 Å². The Balaban J connectivity index is 2.08. The number of allylic oxidation sites excluding steroid dienone is 1. The lowest BCUT2D eigenvalue weighted by Gasteiger charge is -2.04. The van der Waals surface area contributed by atoms with Crippen molar-refractivity contribution in [3.63, 3.8) is 0 Å². The summed E-state index contributed by atoms with van der Waals surface area (Å²) < 4.78 is 27.3. The molecule has 2 aromatic rings. The SMILES string of the molecule is Nc1ccc2c(c1)CC/C2=C\c1c(F)cccc1F. The lowest BCUT2D eigenvalue weighted by molar-refractivity contribution is 0.579. The molecule has 0 unspecified atom stereocenters. The first-order chi connectivity index (χ1) is 9.15. The average molecular weight is 257 g/mol. The summed E-state index contributed by atoms with van der Waals surface area (Å²) in [6, 6.07) is 9.57. The van der Waals surface area contributed by atoms with Crippen LogP contribution < -0.4 is 5.73 Å². The van der Waals surface area contributed by atoms with Gasteiger partial charge in [-0.3, -0.25) is 0 Å². The highest BCUT2D eigenvalue weighted by atomic mass is 19.1. The highest BCUT2D eigenvalue weighted by Crippen LogP contribution is 2.35. The Morgan fingerprint density at radius 1 is 1.00 bits per heavy atom. The van der Waals surface area contributed by atoms with E-state index in [0.717, 1.165) is 35.2 Å². The quantitative estimate of drug-likeness (QED) is 0.767. The molecule has 0 atom stereocenters. The lowest BCUT2D eigenvalue weighted by Crippen LogP contribution is -1.90. The Morgan fingerprint density at radius 3 is 2.47 bits per heavy atom. The first-order valence-electron chi connectivity index (χ1n) is 6.18. The molecular formula is C16H13F2N. The van der Waals surface area contributed by atoms with Crippen molar-refractivity contribution in [1.29, 1.82) is 0 Å². The predicted octanol–water partition coefficient (Wildman–Crippen LogP) is 4.03. The van der Waals surface area contributed by atoms with Crippen LogP contribution in [0.15, 0.2) is 36.4 Å². The van der Waals surface area contributed by atoms with E-state index in [2.05, 4.69) is 0 Å². The van der Waals surface area contributed by atoms with Gasteiger partial charge in [0.1, 0.15) is 11.6 Å². The second-order valence-corrected chi connectivity index (χ2v) is 4.72. The summed E-state index contributed by atoms with van der Waals surface area (Å²) in [7, 11) is 0. The summed E-state index contributed by atoms with van der Waals surface area (Å²) in [6.45, 7) is 0. The smallest absolute Gasteiger partial charge is 0.133 e. The van der Waals surface area contributed by atoms with E-state index in [1.165, 1.54) is 18.2 Å². The van der Waals surface area contributed by atoms with Gasteiger partial charge >= 0.3 is 0 Å². The maximum atomic E-state index is 13.6. The van der Waals surface area contributed by atoms with Crippen LogP contribution in [0.2, 0.25) is 0 Å². The number of hydrogen-bond acceptors (Lipinski definition) is 1. The summed E-state index contributed by atoms with van der Waals surface area (Å²) in [4.78, 5) is 0. The number of benzene rings is 2. The minimum absolute atomic E-state index is 0.0298. The van der Waals surface area contributed by atoms with Crippen LogP contribution in [-0.4, -0.2) is 0 Å². The van der Waals surface area contributed by atoms with Gasteiger partial charge in [-0.05, 0) is 59.9 Å². The Labute approximate surface area is 110 Å². The zero-order valence-corrected chi connectivity index (χ0v) is 10.3. The van der Waals surface area contributed by atoms with E-state index in [9.17, 15) is 8.78 Å². The number of fused-ring (bicyclic) bond motifs is 1. The molecule has 19 heavy (non-hydrogen) atoms. The van der Waals surface area contributed by atoms with E-state index in [4.69, 9.17) is 5.73 Å². The molecule has 0 radical (unpaired) electrons. The molecule has 1 nitrogen and oxygen atoms in total. The molecule has 0 spiro atoms. The van der Waals surface area contributed by atoms with Crippen LogP contribution in [-0.2, 0) is 6.42 Å². The summed E-state index contributed by atoms with van der Waals surface area (Å²) in [5, 5.41) is 0. The van der Waals surface area contributed by atoms with Crippen molar-refractivity contribution in [2.75, 3.05) is 5.73 Å². The number of nitrogens with two attached hydrogens (primary N) is 1. The first kappa shape index (κ1) is 11.9. The molecule has 0 saturated carbocycles. The van der Waals surface area contributed by atoms with Gasteiger partial charge in [0.2, 0.25) is 0 Å². The van der Waals surface area contributed by atoms with Crippen molar-refractivity contribution < 1.29 is 8.78 Å². The van der Waals surface area contributed by atoms with Gasteiger partial charge in [0.15, 0.2) is 0 Å². The van der Waals surface area contributed by atoms with Gasteiger partial charge in [0.05, 0.1) is 0 Å². The normalized spacial score (nSPS) is 15.8. The van der Waals surface area contributed by atoms with E-state index >= 15 is 0 Å². The zero-order chi connectivity index (χ0) is 13.4. The fraction of sp³-hybridized carbons (Fsp3) is 0.125. The van der Waals surface area contributed by atoms with Crippen molar-refractivity contribution >= 4 is 17.3 Å². The Hall–Kier alpha value is -2.16. The minimum Gasteiger partial charge on any atom is -0.399 e. The molecule has 1 aliphatic rings. The van der Waals surface area contributed by atoms with Gasteiger partial charge in [0.25, 0.3) is 0 Å². The Morgan fingerprint density at radius 2 is 1.74 bits per heavy atom. The fourth-order valence-corrected chi connectivity index (χ4v) is 2.51. The molecule has 0 bridgehead atoms. The molecule has 3 heteroatoms. The van der Waals surface area contributed by atoms with E-state index in [-0.39, 0.29) is 5.56 Å². The molecule has 0 fully saturated rings. The maximum absolute atomic E-state index is 13.6. The van der Waals surface area contributed by atoms with Crippen LogP contribution in [0.4, 0.5) is 14.5 Å². The number of anilines is 1. The fourth-order valence-electron chi connectivity index (χ4n) is 2.51. The monoisotopic (exact) mass is 257 g/mol. The second kappa shape index (κ2) is 4.50. The van der Waals surface area contributed by atoms with Gasteiger partial charge in [-0.1, -0.05) is 12.1 Å². The third-order valence-corrected chi connectivity index (χ3v) is 3.46. The molecular weight excluding hydrogens is 244 g/mol. The average Bonchev–Trinajstić information content (AvgIpc) is 2.76. The lowest BCUT2D eigenvalue weighted by atomic mass is 10.0. The molecule has 3 rings (SSSR count). The number of halogens is 2. The number of rotatable bonds is 1. The summed E-state index contributed by atoms with van der Waals surface area (Å²) in [5.74, 6) is -1.06. The number of aryl methyl sites for hydroxylation is 1. The summed E-state index contributed by atoms with van der Waals surface area (Å²) in [5.41, 5.74) is 9.62. The van der Waals surface area contributed by atoms with Crippen LogP contribution in [0.3, 0.4) is 0 Å². The van der Waals surface area contributed by atoms with Crippen molar-refractivity contribution in [2.24, 2.45) is 0 Å². The van der Waals surface area contributed by atoms with Crippen LogP contribution in [0, 0.1) is 11.6 Å². The first-order valence-corrected chi connectivity index (χ1v) is 6.18.